The Morgan fingerprint density at radius 1 is 1.16 bits per heavy atom. The van der Waals surface area contributed by atoms with E-state index in [0.29, 0.717) is 17.9 Å². The van der Waals surface area contributed by atoms with E-state index >= 15 is 0 Å². The van der Waals surface area contributed by atoms with E-state index in [1.807, 2.05) is 24.4 Å². The van der Waals surface area contributed by atoms with Crippen molar-refractivity contribution in [3.8, 4) is 5.75 Å². The molecule has 0 bridgehead atoms. The lowest BCUT2D eigenvalue weighted by Crippen LogP contribution is -2.46. The fraction of sp³-hybridized carbons (Fsp3) is 0.385. The lowest BCUT2D eigenvalue weighted by atomic mass is 9.94. The fourth-order valence-corrected chi connectivity index (χ4v) is 5.99. The number of nitrogens with zero attached hydrogens (tertiary/aromatic N) is 2. The van der Waals surface area contributed by atoms with Gasteiger partial charge < -0.3 is 26.4 Å². The first-order chi connectivity index (χ1) is 17.9. The van der Waals surface area contributed by atoms with Crippen LogP contribution < -0.4 is 21.5 Å². The molecule has 11 heteroatoms. The number of primary amides is 1. The van der Waals surface area contributed by atoms with Gasteiger partial charge in [0.2, 0.25) is 5.91 Å². The van der Waals surface area contributed by atoms with Gasteiger partial charge in [-0.25, -0.2) is 0 Å². The van der Waals surface area contributed by atoms with Crippen molar-refractivity contribution < 1.29 is 19.1 Å². The Labute approximate surface area is 224 Å². The van der Waals surface area contributed by atoms with Crippen LogP contribution in [0.25, 0.3) is 0 Å². The highest BCUT2D eigenvalue weighted by Crippen LogP contribution is 2.32. The van der Waals surface area contributed by atoms with Gasteiger partial charge in [-0.2, -0.15) is 4.37 Å². The quantitative estimate of drug-likeness (QED) is 0.353. The SMILES string of the molecule is CCOc1ccc(C(C(=O)NC2CCCCC2)N(Cc2cccs2)C(=O)c2snc(C(N)=O)c2N)cc1. The number of carbonyl (C=O) groups excluding carboxylic acids is 3. The minimum absolute atomic E-state index is 0.0556. The number of anilines is 1. The first-order valence-electron chi connectivity index (χ1n) is 12.3. The van der Waals surface area contributed by atoms with Crippen LogP contribution in [0.2, 0.25) is 0 Å². The molecule has 9 nitrogen and oxygen atoms in total. The lowest BCUT2D eigenvalue weighted by Gasteiger charge is -2.33. The third-order valence-corrected chi connectivity index (χ3v) is 8.05. The predicted octanol–water partition coefficient (Wildman–Crippen LogP) is 4.12. The van der Waals surface area contributed by atoms with E-state index in [0.717, 1.165) is 48.5 Å². The van der Waals surface area contributed by atoms with Gasteiger partial charge >= 0.3 is 0 Å². The van der Waals surface area contributed by atoms with Crippen molar-refractivity contribution in [3.63, 3.8) is 0 Å². The molecular weight excluding hydrogens is 510 g/mol. The van der Waals surface area contributed by atoms with Crippen molar-refractivity contribution >= 4 is 46.3 Å². The second-order valence-corrected chi connectivity index (χ2v) is 10.7. The zero-order valence-corrected chi connectivity index (χ0v) is 22.3. The van der Waals surface area contributed by atoms with Crippen LogP contribution in [0.5, 0.6) is 5.75 Å². The number of nitrogens with one attached hydrogen (secondary N) is 1. The smallest absolute Gasteiger partial charge is 0.270 e. The Kier molecular flexibility index (Phi) is 8.78. The van der Waals surface area contributed by atoms with Crippen LogP contribution in [0, 0.1) is 0 Å². The summed E-state index contributed by atoms with van der Waals surface area (Å²) >= 11 is 2.29. The zero-order chi connectivity index (χ0) is 26.4. The van der Waals surface area contributed by atoms with E-state index in [-0.39, 0.29) is 34.8 Å². The van der Waals surface area contributed by atoms with Gasteiger partial charge in [0.05, 0.1) is 18.8 Å². The Hall–Kier alpha value is -3.44. The average molecular weight is 542 g/mol. The van der Waals surface area contributed by atoms with Crippen molar-refractivity contribution in [3.05, 3.63) is 62.8 Å². The number of nitrogens with two attached hydrogens (primary N) is 2. The van der Waals surface area contributed by atoms with Gasteiger partial charge in [0.15, 0.2) is 5.69 Å². The monoisotopic (exact) mass is 541 g/mol. The van der Waals surface area contributed by atoms with Gasteiger partial charge in [-0.3, -0.25) is 14.4 Å². The summed E-state index contributed by atoms with van der Waals surface area (Å²) in [7, 11) is 0. The van der Waals surface area contributed by atoms with Crippen molar-refractivity contribution in [2.45, 2.75) is 57.7 Å². The van der Waals surface area contributed by atoms with Gasteiger partial charge in [0, 0.05) is 10.9 Å². The van der Waals surface area contributed by atoms with E-state index < -0.39 is 17.9 Å². The minimum Gasteiger partial charge on any atom is -0.494 e. The number of benzene rings is 1. The second kappa shape index (κ2) is 12.2. The lowest BCUT2D eigenvalue weighted by molar-refractivity contribution is -0.127. The highest BCUT2D eigenvalue weighted by Gasteiger charge is 2.36. The zero-order valence-electron chi connectivity index (χ0n) is 20.6. The van der Waals surface area contributed by atoms with Crippen LogP contribution in [0.3, 0.4) is 0 Å². The summed E-state index contributed by atoms with van der Waals surface area (Å²) in [4.78, 5) is 42.1. The number of rotatable bonds is 10. The molecule has 0 saturated heterocycles. The molecule has 1 aromatic carbocycles. The number of aromatic nitrogens is 1. The van der Waals surface area contributed by atoms with Crippen LogP contribution in [-0.4, -0.2) is 39.6 Å². The molecule has 37 heavy (non-hydrogen) atoms. The highest BCUT2D eigenvalue weighted by molar-refractivity contribution is 7.10. The number of amides is 3. The molecule has 1 atom stereocenters. The summed E-state index contributed by atoms with van der Waals surface area (Å²) in [6.07, 6.45) is 5.09. The van der Waals surface area contributed by atoms with Crippen LogP contribution >= 0.6 is 22.9 Å². The summed E-state index contributed by atoms with van der Waals surface area (Å²) in [5.41, 5.74) is 11.9. The first-order valence-corrected chi connectivity index (χ1v) is 14.0. The molecular formula is C26H31N5O4S2. The number of hydrogen-bond donors (Lipinski definition) is 3. The van der Waals surface area contributed by atoms with Gasteiger partial charge in [-0.05, 0) is 60.4 Å². The Morgan fingerprint density at radius 3 is 2.49 bits per heavy atom. The maximum atomic E-state index is 14.0. The van der Waals surface area contributed by atoms with Crippen molar-refractivity contribution in [2.75, 3.05) is 12.3 Å². The maximum absolute atomic E-state index is 14.0. The third kappa shape index (κ3) is 6.28. The van der Waals surface area contributed by atoms with Crippen molar-refractivity contribution in [1.82, 2.24) is 14.6 Å². The fourth-order valence-electron chi connectivity index (χ4n) is 4.52. The maximum Gasteiger partial charge on any atom is 0.270 e. The summed E-state index contributed by atoms with van der Waals surface area (Å²) < 4.78 is 9.58. The minimum atomic E-state index is -0.939. The Balaban J connectivity index is 1.75. The van der Waals surface area contributed by atoms with Crippen LogP contribution in [0.15, 0.2) is 41.8 Å². The molecule has 2 heterocycles. The number of ether oxygens (including phenoxy) is 1. The number of carbonyl (C=O) groups is 3. The van der Waals surface area contributed by atoms with E-state index in [1.165, 1.54) is 16.2 Å². The standard InChI is InChI=1S/C26H31N5O4S2/c1-2-35-18-12-10-16(11-13-18)22(25(33)29-17-7-4-3-5-8-17)31(15-19-9-6-14-36-19)26(34)23-20(27)21(24(28)32)30-37-23/h6,9-14,17,22H,2-5,7-8,15,27H2,1H3,(H2,28,32)(H,29,33). The summed E-state index contributed by atoms with van der Waals surface area (Å²) in [5, 5.41) is 5.10. The molecule has 1 saturated carbocycles. The number of hydrogen-bond acceptors (Lipinski definition) is 8. The summed E-state index contributed by atoms with van der Waals surface area (Å²) in [6, 6.07) is 10.1. The largest absolute Gasteiger partial charge is 0.494 e. The topological polar surface area (TPSA) is 141 Å². The molecule has 4 rings (SSSR count). The average Bonchev–Trinajstić information content (AvgIpc) is 3.54. The molecule has 196 valence electrons. The van der Waals surface area contributed by atoms with Crippen molar-refractivity contribution in [1.29, 1.82) is 0 Å². The van der Waals surface area contributed by atoms with Crippen LogP contribution in [0.1, 0.15) is 75.7 Å². The third-order valence-electron chi connectivity index (χ3n) is 6.34. The molecule has 1 aliphatic carbocycles. The van der Waals surface area contributed by atoms with Gasteiger partial charge in [-0.1, -0.05) is 37.5 Å². The molecule has 1 aliphatic rings. The van der Waals surface area contributed by atoms with E-state index in [9.17, 15) is 14.4 Å². The summed E-state index contributed by atoms with van der Waals surface area (Å²) in [6.45, 7) is 2.59. The van der Waals surface area contributed by atoms with Crippen molar-refractivity contribution in [2.24, 2.45) is 5.73 Å². The predicted molar refractivity (Wildman–Crippen MR) is 145 cm³/mol. The molecule has 1 fully saturated rings. The highest BCUT2D eigenvalue weighted by atomic mass is 32.1. The first kappa shape index (κ1) is 26.6. The molecule has 2 aromatic heterocycles. The molecule has 0 spiro atoms. The Bertz CT molecular complexity index is 1220. The molecule has 0 radical (unpaired) electrons. The van der Waals surface area contributed by atoms with E-state index in [2.05, 4.69) is 9.69 Å². The van der Waals surface area contributed by atoms with E-state index in [4.69, 9.17) is 16.2 Å². The van der Waals surface area contributed by atoms with Gasteiger partial charge in [0.25, 0.3) is 11.8 Å². The van der Waals surface area contributed by atoms with Gasteiger partial charge in [0.1, 0.15) is 16.7 Å². The van der Waals surface area contributed by atoms with Crippen LogP contribution in [-0.2, 0) is 11.3 Å². The summed E-state index contributed by atoms with van der Waals surface area (Å²) in [5.74, 6) is -0.893. The number of nitrogen functional groups attached to an aromatic ring is 1. The molecule has 1 unspecified atom stereocenters. The number of thiophene rings is 1. The normalized spacial score (nSPS) is 14.6. The Morgan fingerprint density at radius 2 is 1.89 bits per heavy atom. The molecule has 3 amide bonds. The molecule has 3 aromatic rings. The second-order valence-electron chi connectivity index (χ2n) is 8.90. The van der Waals surface area contributed by atoms with E-state index in [1.54, 1.807) is 24.3 Å². The van der Waals surface area contributed by atoms with Crippen LogP contribution in [0.4, 0.5) is 5.69 Å². The van der Waals surface area contributed by atoms with Gasteiger partial charge in [-0.15, -0.1) is 11.3 Å². The molecule has 5 N–H and O–H groups in total. The molecule has 0 aliphatic heterocycles.